The third kappa shape index (κ3) is 8.08. The van der Waals surface area contributed by atoms with Crippen LogP contribution in [0.1, 0.15) is 38.3 Å². The van der Waals surface area contributed by atoms with Gasteiger partial charge in [-0.15, -0.1) is 0 Å². The average Bonchev–Trinajstić information content (AvgIpc) is 2.95. The van der Waals surface area contributed by atoms with Crippen molar-refractivity contribution in [1.29, 1.82) is 0 Å². The van der Waals surface area contributed by atoms with Crippen LogP contribution in [0.5, 0.6) is 0 Å². The zero-order valence-corrected chi connectivity index (χ0v) is 25.1. The Balaban J connectivity index is 2.00. The van der Waals surface area contributed by atoms with E-state index in [0.29, 0.717) is 24.4 Å². The number of anilines is 1. The third-order valence-electron chi connectivity index (χ3n) is 6.61. The van der Waals surface area contributed by atoms with Crippen LogP contribution in [-0.4, -0.2) is 50.8 Å². The molecule has 40 heavy (non-hydrogen) atoms. The predicted molar refractivity (Wildman–Crippen MR) is 161 cm³/mol. The van der Waals surface area contributed by atoms with Crippen molar-refractivity contribution in [2.75, 3.05) is 23.9 Å². The van der Waals surface area contributed by atoms with Crippen LogP contribution in [0, 0.1) is 12.8 Å². The summed E-state index contributed by atoms with van der Waals surface area (Å²) in [6.45, 7) is 7.91. The van der Waals surface area contributed by atoms with E-state index in [9.17, 15) is 18.0 Å². The second-order valence-electron chi connectivity index (χ2n) is 10.1. The molecule has 3 aromatic rings. The number of aryl methyl sites for hydroxylation is 1. The van der Waals surface area contributed by atoms with Crippen LogP contribution in [0.15, 0.2) is 83.8 Å². The minimum atomic E-state index is -4.13. The Hall–Kier alpha value is -3.36. The Morgan fingerprint density at radius 2 is 1.57 bits per heavy atom. The lowest BCUT2D eigenvalue weighted by atomic mass is 10.1. The van der Waals surface area contributed by atoms with Crippen LogP contribution < -0.4 is 9.62 Å². The molecule has 0 radical (unpaired) electrons. The summed E-state index contributed by atoms with van der Waals surface area (Å²) in [6.07, 6.45) is 0.897. The van der Waals surface area contributed by atoms with Crippen LogP contribution in [0.4, 0.5) is 5.69 Å². The lowest BCUT2D eigenvalue weighted by Gasteiger charge is -2.33. The molecule has 3 aromatic carbocycles. The highest BCUT2D eigenvalue weighted by Gasteiger charge is 2.33. The first kappa shape index (κ1) is 31.2. The fourth-order valence-electron chi connectivity index (χ4n) is 4.30. The van der Waals surface area contributed by atoms with Crippen LogP contribution in [0.25, 0.3) is 0 Å². The maximum atomic E-state index is 14.0. The van der Waals surface area contributed by atoms with Crippen molar-refractivity contribution in [3.8, 4) is 0 Å². The van der Waals surface area contributed by atoms with Gasteiger partial charge in [0.2, 0.25) is 11.8 Å². The van der Waals surface area contributed by atoms with Crippen molar-refractivity contribution in [1.82, 2.24) is 10.2 Å². The molecule has 214 valence electrons. The Morgan fingerprint density at radius 1 is 0.950 bits per heavy atom. The Labute approximate surface area is 243 Å². The number of sulfonamides is 1. The number of benzene rings is 3. The number of hydrogen-bond donors (Lipinski definition) is 1. The lowest BCUT2D eigenvalue weighted by molar-refractivity contribution is -0.139. The molecule has 0 saturated carbocycles. The number of amides is 2. The van der Waals surface area contributed by atoms with E-state index in [0.717, 1.165) is 15.4 Å². The van der Waals surface area contributed by atoms with E-state index in [1.807, 2.05) is 58.0 Å². The van der Waals surface area contributed by atoms with Gasteiger partial charge < -0.3 is 10.2 Å². The van der Waals surface area contributed by atoms with Gasteiger partial charge in [0.25, 0.3) is 10.0 Å². The highest BCUT2D eigenvalue weighted by atomic mass is 35.5. The van der Waals surface area contributed by atoms with Crippen molar-refractivity contribution < 1.29 is 18.0 Å². The van der Waals surface area contributed by atoms with Gasteiger partial charge in [0.15, 0.2) is 0 Å². The van der Waals surface area contributed by atoms with E-state index in [1.54, 1.807) is 36.4 Å². The summed E-state index contributed by atoms with van der Waals surface area (Å²) in [5.41, 5.74) is 2.07. The fraction of sp³-hybridized carbons (Fsp3) is 0.355. The minimum Gasteiger partial charge on any atom is -0.354 e. The Kier molecular flexibility index (Phi) is 11.2. The second kappa shape index (κ2) is 14.3. The molecular weight excluding hydrogens is 546 g/mol. The first-order valence-corrected chi connectivity index (χ1v) is 15.3. The molecule has 0 heterocycles. The molecule has 0 aliphatic heterocycles. The van der Waals surface area contributed by atoms with Crippen molar-refractivity contribution in [2.45, 2.75) is 51.5 Å². The summed E-state index contributed by atoms with van der Waals surface area (Å²) in [6, 6.07) is 21.8. The standard InChI is InChI=1S/C31H38ClN3O4S/c1-5-29(31(37)33-21-23(2)3)34(19-18-25-12-8-6-9-13-25)30(36)22-35(26-17-16-24(4)28(32)20-26)40(38,39)27-14-10-7-11-15-27/h6-17,20,23,29H,5,18-19,21-22H2,1-4H3,(H,33,37)/t29-/m0/s1. The van der Waals surface area contributed by atoms with Gasteiger partial charge in [-0.25, -0.2) is 8.42 Å². The fourth-order valence-corrected chi connectivity index (χ4v) is 5.91. The van der Waals surface area contributed by atoms with E-state index >= 15 is 0 Å². The molecule has 2 amide bonds. The second-order valence-corrected chi connectivity index (χ2v) is 12.4. The Morgan fingerprint density at radius 3 is 2.15 bits per heavy atom. The minimum absolute atomic E-state index is 0.0528. The molecule has 0 aliphatic carbocycles. The SMILES string of the molecule is CC[C@@H](C(=O)NCC(C)C)N(CCc1ccccc1)C(=O)CN(c1ccc(C)c(Cl)c1)S(=O)(=O)c1ccccc1. The summed E-state index contributed by atoms with van der Waals surface area (Å²) < 4.78 is 28.8. The number of halogens is 1. The van der Waals surface area contributed by atoms with Crippen molar-refractivity contribution in [3.05, 3.63) is 95.0 Å². The van der Waals surface area contributed by atoms with E-state index in [4.69, 9.17) is 11.6 Å². The highest BCUT2D eigenvalue weighted by Crippen LogP contribution is 2.28. The monoisotopic (exact) mass is 583 g/mol. The maximum Gasteiger partial charge on any atom is 0.264 e. The molecule has 0 saturated heterocycles. The molecule has 0 fully saturated rings. The van der Waals surface area contributed by atoms with Crippen molar-refractivity contribution in [2.24, 2.45) is 5.92 Å². The number of hydrogen-bond acceptors (Lipinski definition) is 4. The van der Waals surface area contributed by atoms with E-state index < -0.39 is 28.5 Å². The van der Waals surface area contributed by atoms with Gasteiger partial charge in [-0.2, -0.15) is 0 Å². The molecule has 9 heteroatoms. The molecule has 1 atom stereocenters. The van der Waals surface area contributed by atoms with E-state index in [1.165, 1.54) is 17.0 Å². The molecule has 0 unspecified atom stereocenters. The largest absolute Gasteiger partial charge is 0.354 e. The number of rotatable bonds is 13. The number of nitrogens with zero attached hydrogens (tertiary/aromatic N) is 2. The van der Waals surface area contributed by atoms with E-state index in [2.05, 4.69) is 5.32 Å². The summed E-state index contributed by atoms with van der Waals surface area (Å²) in [4.78, 5) is 28.8. The quantitative estimate of drug-likeness (QED) is 0.289. The highest BCUT2D eigenvalue weighted by molar-refractivity contribution is 7.92. The van der Waals surface area contributed by atoms with Crippen LogP contribution >= 0.6 is 11.6 Å². The zero-order valence-electron chi connectivity index (χ0n) is 23.5. The van der Waals surface area contributed by atoms with Gasteiger partial charge in [-0.1, -0.05) is 87.0 Å². The van der Waals surface area contributed by atoms with Gasteiger partial charge in [-0.05, 0) is 61.1 Å². The number of carbonyl (C=O) groups excluding carboxylic acids is 2. The molecule has 1 N–H and O–H groups in total. The first-order valence-electron chi connectivity index (χ1n) is 13.5. The van der Waals surface area contributed by atoms with Crippen LogP contribution in [0.3, 0.4) is 0 Å². The summed E-state index contributed by atoms with van der Waals surface area (Å²) in [5, 5.41) is 3.33. The summed E-state index contributed by atoms with van der Waals surface area (Å²) in [5.74, 6) is -0.486. The molecule has 0 aromatic heterocycles. The summed E-state index contributed by atoms with van der Waals surface area (Å²) in [7, 11) is -4.13. The average molecular weight is 584 g/mol. The lowest BCUT2D eigenvalue weighted by Crippen LogP contribution is -2.53. The zero-order chi connectivity index (χ0) is 29.3. The third-order valence-corrected chi connectivity index (χ3v) is 8.80. The van der Waals surface area contributed by atoms with Gasteiger partial charge in [-0.3, -0.25) is 13.9 Å². The molecule has 3 rings (SSSR count). The van der Waals surface area contributed by atoms with Crippen molar-refractivity contribution >= 4 is 39.1 Å². The molecular formula is C31H38ClN3O4S. The van der Waals surface area contributed by atoms with Crippen LogP contribution in [-0.2, 0) is 26.0 Å². The normalized spacial score (nSPS) is 12.2. The smallest absolute Gasteiger partial charge is 0.264 e. The van der Waals surface area contributed by atoms with Gasteiger partial charge in [0.05, 0.1) is 10.6 Å². The number of carbonyl (C=O) groups is 2. The van der Waals surface area contributed by atoms with Crippen molar-refractivity contribution in [3.63, 3.8) is 0 Å². The van der Waals surface area contributed by atoms with Gasteiger partial charge in [0.1, 0.15) is 12.6 Å². The maximum absolute atomic E-state index is 14.0. The van der Waals surface area contributed by atoms with E-state index in [-0.39, 0.29) is 29.0 Å². The predicted octanol–water partition coefficient (Wildman–Crippen LogP) is 5.47. The topological polar surface area (TPSA) is 86.8 Å². The molecule has 0 bridgehead atoms. The van der Waals surface area contributed by atoms with Gasteiger partial charge >= 0.3 is 0 Å². The van der Waals surface area contributed by atoms with Gasteiger partial charge in [0, 0.05) is 18.1 Å². The van der Waals surface area contributed by atoms with Crippen LogP contribution in [0.2, 0.25) is 5.02 Å². The Bertz CT molecular complexity index is 1380. The molecule has 7 nitrogen and oxygen atoms in total. The summed E-state index contributed by atoms with van der Waals surface area (Å²) >= 11 is 6.38. The molecule has 0 spiro atoms. The first-order chi connectivity index (χ1) is 19.0. The number of nitrogens with one attached hydrogen (secondary N) is 1. The molecule has 0 aliphatic rings.